The zero-order chi connectivity index (χ0) is 21.8. The van der Waals surface area contributed by atoms with Gasteiger partial charge in [-0.1, -0.05) is 12.1 Å². The molecule has 0 spiro atoms. The highest BCUT2D eigenvalue weighted by molar-refractivity contribution is 6.21. The highest BCUT2D eigenvalue weighted by atomic mass is 16.5. The maximum absolute atomic E-state index is 12.7. The van der Waals surface area contributed by atoms with Crippen LogP contribution in [0.1, 0.15) is 38.0 Å². The number of hydrogen-bond donors (Lipinski definition) is 1. The van der Waals surface area contributed by atoms with E-state index in [4.69, 9.17) is 9.47 Å². The van der Waals surface area contributed by atoms with Crippen molar-refractivity contribution in [3.05, 3.63) is 83.6 Å². The number of nitrogens with one attached hydrogen (secondary N) is 1. The lowest BCUT2D eigenvalue weighted by atomic mass is 10.1. The molecule has 1 aliphatic heterocycles. The van der Waals surface area contributed by atoms with Gasteiger partial charge in [0, 0.05) is 11.9 Å². The number of amides is 2. The molecule has 0 saturated carbocycles. The topological polar surface area (TPSA) is 97.8 Å². The van der Waals surface area contributed by atoms with Gasteiger partial charge in [-0.3, -0.25) is 9.59 Å². The Morgan fingerprint density at radius 1 is 0.968 bits per heavy atom. The molecule has 0 fully saturated rings. The summed E-state index contributed by atoms with van der Waals surface area (Å²) in [6, 6.07) is 16.8. The number of ether oxygens (including phenoxy) is 2. The maximum atomic E-state index is 12.7. The maximum Gasteiger partial charge on any atom is 0.343 e. The Balaban J connectivity index is 1.45. The van der Waals surface area contributed by atoms with Crippen LogP contribution in [0, 0.1) is 0 Å². The van der Waals surface area contributed by atoms with Crippen LogP contribution in [0.4, 0.5) is 11.5 Å². The fourth-order valence-electron chi connectivity index (χ4n) is 3.16. The van der Waals surface area contributed by atoms with Gasteiger partial charge in [0.15, 0.2) is 6.73 Å². The first-order chi connectivity index (χ1) is 15.1. The van der Waals surface area contributed by atoms with Crippen molar-refractivity contribution in [3.8, 4) is 5.75 Å². The van der Waals surface area contributed by atoms with Crippen molar-refractivity contribution in [1.82, 2.24) is 9.88 Å². The number of rotatable bonds is 7. The van der Waals surface area contributed by atoms with Crippen molar-refractivity contribution in [2.75, 3.05) is 18.7 Å². The average Bonchev–Trinajstić information content (AvgIpc) is 3.04. The summed E-state index contributed by atoms with van der Waals surface area (Å²) in [7, 11) is 0. The monoisotopic (exact) mass is 417 g/mol. The van der Waals surface area contributed by atoms with E-state index in [1.165, 1.54) is 6.20 Å². The molecule has 0 saturated heterocycles. The van der Waals surface area contributed by atoms with Crippen LogP contribution in [0.15, 0.2) is 66.9 Å². The van der Waals surface area contributed by atoms with Crippen LogP contribution in [0.25, 0.3) is 0 Å². The highest BCUT2D eigenvalue weighted by Crippen LogP contribution is 2.24. The largest absolute Gasteiger partial charge is 0.494 e. The second-order valence-electron chi connectivity index (χ2n) is 6.63. The number of aromatic nitrogens is 1. The third-order valence-corrected chi connectivity index (χ3v) is 4.66. The molecule has 2 amide bonds. The molecule has 3 aromatic rings. The summed E-state index contributed by atoms with van der Waals surface area (Å²) in [6.07, 6.45) is 1.54. The molecule has 8 nitrogen and oxygen atoms in total. The summed E-state index contributed by atoms with van der Waals surface area (Å²) in [5.41, 5.74) is 1.47. The molecular formula is C23H19N3O5. The van der Waals surface area contributed by atoms with Crippen molar-refractivity contribution in [2.45, 2.75) is 6.92 Å². The summed E-state index contributed by atoms with van der Waals surface area (Å²) in [5, 5.41) is 3.07. The van der Waals surface area contributed by atoms with Crippen molar-refractivity contribution in [1.29, 1.82) is 0 Å². The molecule has 1 aromatic heterocycles. The first-order valence-corrected chi connectivity index (χ1v) is 9.65. The van der Waals surface area contributed by atoms with E-state index in [9.17, 15) is 14.4 Å². The van der Waals surface area contributed by atoms with Crippen LogP contribution in [0.3, 0.4) is 0 Å². The van der Waals surface area contributed by atoms with Crippen molar-refractivity contribution in [3.63, 3.8) is 0 Å². The van der Waals surface area contributed by atoms with Gasteiger partial charge in [0.2, 0.25) is 0 Å². The Labute approximate surface area is 178 Å². The molecule has 4 rings (SSSR count). The Morgan fingerprint density at radius 3 is 2.29 bits per heavy atom. The number of benzene rings is 2. The van der Waals surface area contributed by atoms with Crippen LogP contribution in [-0.2, 0) is 4.74 Å². The fourth-order valence-corrected chi connectivity index (χ4v) is 3.16. The van der Waals surface area contributed by atoms with Gasteiger partial charge in [-0.05, 0) is 55.5 Å². The third kappa shape index (κ3) is 4.09. The predicted molar refractivity (Wildman–Crippen MR) is 112 cm³/mol. The lowest BCUT2D eigenvalue weighted by molar-refractivity contribution is 0.0228. The van der Waals surface area contributed by atoms with Crippen LogP contribution in [-0.4, -0.2) is 41.0 Å². The van der Waals surface area contributed by atoms with Crippen molar-refractivity contribution in [2.24, 2.45) is 0 Å². The lowest BCUT2D eigenvalue weighted by Crippen LogP contribution is -2.33. The summed E-state index contributed by atoms with van der Waals surface area (Å²) < 4.78 is 10.7. The van der Waals surface area contributed by atoms with E-state index in [2.05, 4.69) is 10.3 Å². The molecule has 0 bridgehead atoms. The van der Waals surface area contributed by atoms with Gasteiger partial charge in [0.1, 0.15) is 17.1 Å². The first kappa shape index (κ1) is 20.1. The first-order valence-electron chi connectivity index (χ1n) is 9.65. The van der Waals surface area contributed by atoms with Crippen LogP contribution < -0.4 is 10.1 Å². The SMILES string of the molecule is CCOc1ccc(Nc2ncccc2C(=O)OCN2C(=O)c3ccccc3C2=O)cc1. The molecule has 1 N–H and O–H groups in total. The van der Waals surface area contributed by atoms with Gasteiger partial charge in [-0.2, -0.15) is 0 Å². The fraction of sp³-hybridized carbons (Fsp3) is 0.130. The summed E-state index contributed by atoms with van der Waals surface area (Å²) in [5.74, 6) is -0.675. The normalized spacial score (nSPS) is 12.5. The van der Waals surface area contributed by atoms with E-state index in [0.29, 0.717) is 29.2 Å². The highest BCUT2D eigenvalue weighted by Gasteiger charge is 2.36. The van der Waals surface area contributed by atoms with Gasteiger partial charge in [-0.15, -0.1) is 0 Å². The molecule has 0 aliphatic carbocycles. The minimum Gasteiger partial charge on any atom is -0.494 e. The molecule has 2 heterocycles. The average molecular weight is 417 g/mol. The van der Waals surface area contributed by atoms with Gasteiger partial charge in [-0.25, -0.2) is 14.7 Å². The van der Waals surface area contributed by atoms with Crippen LogP contribution in [0.5, 0.6) is 5.75 Å². The molecule has 0 radical (unpaired) electrons. The second kappa shape index (κ2) is 8.66. The van der Waals surface area contributed by atoms with Crippen LogP contribution >= 0.6 is 0 Å². The molecule has 0 unspecified atom stereocenters. The Morgan fingerprint density at radius 2 is 1.65 bits per heavy atom. The summed E-state index contributed by atoms with van der Waals surface area (Å²) in [6.45, 7) is 1.98. The van der Waals surface area contributed by atoms with Gasteiger partial charge in [0.05, 0.1) is 17.7 Å². The smallest absolute Gasteiger partial charge is 0.343 e. The number of imide groups is 1. The van der Waals surface area contributed by atoms with E-state index in [1.807, 2.05) is 6.92 Å². The number of hydrogen-bond acceptors (Lipinski definition) is 7. The van der Waals surface area contributed by atoms with E-state index < -0.39 is 24.5 Å². The number of carbonyl (C=O) groups is 3. The van der Waals surface area contributed by atoms with Gasteiger partial charge in [0.25, 0.3) is 11.8 Å². The number of anilines is 2. The van der Waals surface area contributed by atoms with Gasteiger partial charge >= 0.3 is 5.97 Å². The van der Waals surface area contributed by atoms with E-state index in [1.54, 1.807) is 60.7 Å². The number of pyridine rings is 1. The summed E-state index contributed by atoms with van der Waals surface area (Å²) >= 11 is 0. The lowest BCUT2D eigenvalue weighted by Gasteiger charge is -2.15. The van der Waals surface area contributed by atoms with E-state index in [0.717, 1.165) is 10.6 Å². The predicted octanol–water partition coefficient (Wildman–Crippen LogP) is 3.63. The quantitative estimate of drug-likeness (QED) is 0.463. The molecule has 0 atom stereocenters. The standard InChI is InChI=1S/C23H19N3O5/c1-2-30-16-11-9-15(10-12-16)25-20-19(8-5-13-24-20)23(29)31-14-26-21(27)17-6-3-4-7-18(17)22(26)28/h3-13H,2,14H2,1H3,(H,24,25). The minimum atomic E-state index is -0.710. The molecule has 31 heavy (non-hydrogen) atoms. The second-order valence-corrected chi connectivity index (χ2v) is 6.63. The molecule has 1 aliphatic rings. The van der Waals surface area contributed by atoms with Gasteiger partial charge < -0.3 is 14.8 Å². The number of nitrogens with zero attached hydrogens (tertiary/aromatic N) is 2. The number of esters is 1. The minimum absolute atomic E-state index is 0.174. The summed E-state index contributed by atoms with van der Waals surface area (Å²) in [4.78, 5) is 42.6. The zero-order valence-electron chi connectivity index (χ0n) is 16.7. The number of carbonyl (C=O) groups excluding carboxylic acids is 3. The zero-order valence-corrected chi connectivity index (χ0v) is 16.7. The third-order valence-electron chi connectivity index (χ3n) is 4.66. The Kier molecular flexibility index (Phi) is 5.61. The number of fused-ring (bicyclic) bond motifs is 1. The van der Waals surface area contributed by atoms with Crippen LogP contribution in [0.2, 0.25) is 0 Å². The van der Waals surface area contributed by atoms with Crippen molar-refractivity contribution < 1.29 is 23.9 Å². The van der Waals surface area contributed by atoms with E-state index in [-0.39, 0.29) is 5.56 Å². The molecular weight excluding hydrogens is 398 g/mol. The Bertz CT molecular complexity index is 1110. The Hall–Kier alpha value is -4.20. The molecule has 2 aromatic carbocycles. The molecule has 156 valence electrons. The van der Waals surface area contributed by atoms with E-state index >= 15 is 0 Å². The van der Waals surface area contributed by atoms with Crippen molar-refractivity contribution >= 4 is 29.3 Å². The molecule has 8 heteroatoms.